The van der Waals surface area contributed by atoms with Gasteiger partial charge < -0.3 is 20.1 Å². The Hall–Kier alpha value is -3.28. The van der Waals surface area contributed by atoms with Gasteiger partial charge in [-0.1, -0.05) is 18.2 Å². The molecular formula is C20H22N2O4. The number of methoxy groups -OCH3 is 1. The van der Waals surface area contributed by atoms with Crippen molar-refractivity contribution in [2.75, 3.05) is 24.4 Å². The van der Waals surface area contributed by atoms with Gasteiger partial charge in [-0.3, -0.25) is 9.59 Å². The first-order chi connectivity index (χ1) is 12.5. The van der Waals surface area contributed by atoms with E-state index in [4.69, 9.17) is 9.47 Å². The topological polar surface area (TPSA) is 76.7 Å². The molecule has 0 fully saturated rings. The van der Waals surface area contributed by atoms with Crippen molar-refractivity contribution in [1.82, 2.24) is 0 Å². The zero-order chi connectivity index (χ0) is 18.9. The van der Waals surface area contributed by atoms with E-state index in [0.717, 1.165) is 12.0 Å². The molecule has 136 valence electrons. The number of carbonyl (C=O) groups excluding carboxylic acids is 2. The third kappa shape index (κ3) is 5.66. The molecule has 0 saturated heterocycles. The van der Waals surface area contributed by atoms with Crippen LogP contribution < -0.4 is 20.1 Å². The van der Waals surface area contributed by atoms with Crippen LogP contribution in [0.4, 0.5) is 11.4 Å². The third-order valence-electron chi connectivity index (χ3n) is 3.43. The predicted octanol–water partition coefficient (Wildman–Crippen LogP) is 3.40. The molecule has 0 aliphatic carbocycles. The van der Waals surface area contributed by atoms with Gasteiger partial charge in [-0.25, -0.2) is 0 Å². The fourth-order valence-corrected chi connectivity index (χ4v) is 2.34. The van der Waals surface area contributed by atoms with Crippen molar-refractivity contribution in [3.63, 3.8) is 0 Å². The summed E-state index contributed by atoms with van der Waals surface area (Å²) in [5.41, 5.74) is 2.22. The summed E-state index contributed by atoms with van der Waals surface area (Å²) in [6, 6.07) is 12.4. The monoisotopic (exact) mass is 354 g/mol. The zero-order valence-electron chi connectivity index (χ0n) is 14.9. The lowest BCUT2D eigenvalue weighted by Gasteiger charge is -2.12. The van der Waals surface area contributed by atoms with Gasteiger partial charge in [-0.05, 0) is 42.3 Å². The Morgan fingerprint density at radius 3 is 2.46 bits per heavy atom. The average Bonchev–Trinajstić information content (AvgIpc) is 2.60. The second-order valence-corrected chi connectivity index (χ2v) is 5.58. The second-order valence-electron chi connectivity index (χ2n) is 5.58. The highest BCUT2D eigenvalue weighted by Gasteiger charge is 2.09. The maximum atomic E-state index is 12.1. The van der Waals surface area contributed by atoms with E-state index >= 15 is 0 Å². The summed E-state index contributed by atoms with van der Waals surface area (Å²) < 4.78 is 10.9. The number of benzene rings is 2. The molecule has 2 N–H and O–H groups in total. The molecule has 0 heterocycles. The number of hydrogen-bond acceptors (Lipinski definition) is 4. The van der Waals surface area contributed by atoms with Gasteiger partial charge in [-0.2, -0.15) is 0 Å². The summed E-state index contributed by atoms with van der Waals surface area (Å²) in [5.74, 6) is 0.554. The molecule has 2 rings (SSSR count). The number of nitrogens with one attached hydrogen (secondary N) is 2. The number of hydrogen-bond donors (Lipinski definition) is 2. The summed E-state index contributed by atoms with van der Waals surface area (Å²) in [7, 11) is 1.55. The molecular weight excluding hydrogens is 332 g/mol. The van der Waals surface area contributed by atoms with Crippen LogP contribution in [-0.2, 0) is 16.0 Å². The van der Waals surface area contributed by atoms with E-state index in [1.165, 1.54) is 6.92 Å². The molecule has 0 spiro atoms. The van der Waals surface area contributed by atoms with Crippen LogP contribution in [0.25, 0.3) is 0 Å². The Kier molecular flexibility index (Phi) is 6.79. The van der Waals surface area contributed by atoms with Crippen LogP contribution in [0.5, 0.6) is 11.5 Å². The Morgan fingerprint density at radius 1 is 1.08 bits per heavy atom. The number of amides is 2. The van der Waals surface area contributed by atoms with Crippen LogP contribution in [-0.4, -0.2) is 25.5 Å². The van der Waals surface area contributed by atoms with Crippen LogP contribution in [0.1, 0.15) is 12.5 Å². The smallest absolute Gasteiger partial charge is 0.262 e. The van der Waals surface area contributed by atoms with Gasteiger partial charge in [0.15, 0.2) is 18.1 Å². The van der Waals surface area contributed by atoms with Crippen molar-refractivity contribution >= 4 is 23.2 Å². The van der Waals surface area contributed by atoms with Gasteiger partial charge in [0.05, 0.1) is 7.11 Å². The summed E-state index contributed by atoms with van der Waals surface area (Å²) >= 11 is 0. The molecule has 0 saturated carbocycles. The summed E-state index contributed by atoms with van der Waals surface area (Å²) in [5, 5.41) is 5.39. The molecule has 0 radical (unpaired) electrons. The van der Waals surface area contributed by atoms with Crippen LogP contribution in [0, 0.1) is 0 Å². The van der Waals surface area contributed by atoms with E-state index in [1.807, 2.05) is 12.1 Å². The summed E-state index contributed by atoms with van der Waals surface area (Å²) in [4.78, 5) is 23.2. The van der Waals surface area contributed by atoms with Crippen molar-refractivity contribution in [3.8, 4) is 11.5 Å². The summed E-state index contributed by atoms with van der Waals surface area (Å²) in [6.07, 6.45) is 2.53. The molecule has 0 atom stereocenters. The van der Waals surface area contributed by atoms with Gasteiger partial charge in [0.2, 0.25) is 5.91 Å². The van der Waals surface area contributed by atoms with Crippen LogP contribution >= 0.6 is 0 Å². The highest BCUT2D eigenvalue weighted by atomic mass is 16.5. The molecule has 0 aromatic heterocycles. The molecule has 6 heteroatoms. The third-order valence-corrected chi connectivity index (χ3v) is 3.43. The molecule has 0 unspecified atom stereocenters. The molecule has 2 aromatic rings. The first-order valence-corrected chi connectivity index (χ1v) is 8.10. The molecule has 26 heavy (non-hydrogen) atoms. The Balaban J connectivity index is 1.96. The molecule has 0 aliphatic rings. The van der Waals surface area contributed by atoms with Gasteiger partial charge in [0.25, 0.3) is 5.91 Å². The van der Waals surface area contributed by atoms with Crippen LogP contribution in [0.15, 0.2) is 55.1 Å². The molecule has 6 nitrogen and oxygen atoms in total. The van der Waals surface area contributed by atoms with Crippen molar-refractivity contribution in [1.29, 1.82) is 0 Å². The van der Waals surface area contributed by atoms with Crippen LogP contribution in [0.2, 0.25) is 0 Å². The minimum absolute atomic E-state index is 0.165. The van der Waals surface area contributed by atoms with E-state index in [-0.39, 0.29) is 18.4 Å². The number of ether oxygens (including phenoxy) is 2. The first kappa shape index (κ1) is 19.1. The number of allylic oxidation sites excluding steroid dienone is 1. The Bertz CT molecular complexity index is 802. The number of anilines is 2. The predicted molar refractivity (Wildman–Crippen MR) is 102 cm³/mol. The van der Waals surface area contributed by atoms with Crippen molar-refractivity contribution in [3.05, 3.63) is 60.7 Å². The Labute approximate surface area is 152 Å². The molecule has 2 amide bonds. The highest BCUT2D eigenvalue weighted by Crippen LogP contribution is 2.28. The quantitative estimate of drug-likeness (QED) is 0.713. The van der Waals surface area contributed by atoms with Crippen molar-refractivity contribution in [2.45, 2.75) is 13.3 Å². The van der Waals surface area contributed by atoms with Crippen molar-refractivity contribution in [2.24, 2.45) is 0 Å². The minimum Gasteiger partial charge on any atom is -0.493 e. The molecule has 0 bridgehead atoms. The van der Waals surface area contributed by atoms with Gasteiger partial charge in [0.1, 0.15) is 0 Å². The number of carbonyl (C=O) groups is 2. The summed E-state index contributed by atoms with van der Waals surface area (Å²) in [6.45, 7) is 4.97. The van der Waals surface area contributed by atoms with Gasteiger partial charge >= 0.3 is 0 Å². The normalized spacial score (nSPS) is 9.92. The van der Waals surface area contributed by atoms with Crippen molar-refractivity contribution < 1.29 is 19.1 Å². The fourth-order valence-electron chi connectivity index (χ4n) is 2.34. The maximum absolute atomic E-state index is 12.1. The zero-order valence-corrected chi connectivity index (χ0v) is 14.9. The Morgan fingerprint density at radius 2 is 1.81 bits per heavy atom. The minimum atomic E-state index is -0.317. The van der Waals surface area contributed by atoms with E-state index < -0.39 is 0 Å². The standard InChI is InChI=1S/C20H22N2O4/c1-4-6-15-9-10-18(19(11-15)25-3)26-13-20(24)22-17-8-5-7-16(12-17)21-14(2)23/h4-5,7-12H,1,6,13H2,2-3H3,(H,21,23)(H,22,24). The van der Waals surface area contributed by atoms with E-state index in [1.54, 1.807) is 43.5 Å². The SMILES string of the molecule is C=CCc1ccc(OCC(=O)Nc2cccc(NC(C)=O)c2)c(OC)c1. The molecule has 0 aliphatic heterocycles. The molecule has 2 aromatic carbocycles. The maximum Gasteiger partial charge on any atom is 0.262 e. The highest BCUT2D eigenvalue weighted by molar-refractivity contribution is 5.94. The van der Waals surface area contributed by atoms with Crippen LogP contribution in [0.3, 0.4) is 0 Å². The van der Waals surface area contributed by atoms with E-state index in [0.29, 0.717) is 22.9 Å². The first-order valence-electron chi connectivity index (χ1n) is 8.10. The van der Waals surface area contributed by atoms with E-state index in [2.05, 4.69) is 17.2 Å². The van der Waals surface area contributed by atoms with Gasteiger partial charge in [0, 0.05) is 18.3 Å². The lowest BCUT2D eigenvalue weighted by atomic mass is 10.1. The van der Waals surface area contributed by atoms with Gasteiger partial charge in [-0.15, -0.1) is 6.58 Å². The largest absolute Gasteiger partial charge is 0.493 e. The fraction of sp³-hybridized carbons (Fsp3) is 0.200. The second kappa shape index (κ2) is 9.27. The lowest BCUT2D eigenvalue weighted by Crippen LogP contribution is -2.20. The number of rotatable bonds is 8. The lowest BCUT2D eigenvalue weighted by molar-refractivity contribution is -0.118. The average molecular weight is 354 g/mol. The van der Waals surface area contributed by atoms with E-state index in [9.17, 15) is 9.59 Å².